The number of carbonyl (C=O) groups is 1. The molecule has 1 rings (SSSR count). The van der Waals surface area contributed by atoms with Gasteiger partial charge in [-0.2, -0.15) is 0 Å². The van der Waals surface area contributed by atoms with Crippen molar-refractivity contribution in [1.29, 1.82) is 0 Å². The van der Waals surface area contributed by atoms with E-state index >= 15 is 0 Å². The summed E-state index contributed by atoms with van der Waals surface area (Å²) in [6.45, 7) is 1.77. The van der Waals surface area contributed by atoms with Gasteiger partial charge in [-0.3, -0.25) is 4.79 Å². The van der Waals surface area contributed by atoms with Crippen molar-refractivity contribution in [2.75, 3.05) is 5.73 Å². The van der Waals surface area contributed by atoms with Gasteiger partial charge in [0.2, 0.25) is 5.91 Å². The molecule has 0 saturated heterocycles. The third-order valence-corrected chi connectivity index (χ3v) is 2.43. The quantitative estimate of drug-likeness (QED) is 0.533. The first kappa shape index (κ1) is 12.5. The van der Waals surface area contributed by atoms with E-state index < -0.39 is 18.1 Å². The van der Waals surface area contributed by atoms with Gasteiger partial charge >= 0.3 is 0 Å². The lowest BCUT2D eigenvalue weighted by atomic mass is 9.96. The summed E-state index contributed by atoms with van der Waals surface area (Å²) < 4.78 is 0. The second-order valence-corrected chi connectivity index (χ2v) is 3.76. The van der Waals surface area contributed by atoms with Crippen LogP contribution < -0.4 is 11.5 Å². The minimum absolute atomic E-state index is 0.297. The number of primary amides is 1. The van der Waals surface area contributed by atoms with Crippen molar-refractivity contribution < 1.29 is 15.0 Å². The highest BCUT2D eigenvalue weighted by Crippen LogP contribution is 2.27. The third kappa shape index (κ3) is 2.71. The molecule has 88 valence electrons. The van der Waals surface area contributed by atoms with E-state index in [1.165, 1.54) is 0 Å². The Hall–Kier alpha value is -1.59. The molecule has 1 aromatic carbocycles. The van der Waals surface area contributed by atoms with Gasteiger partial charge < -0.3 is 21.7 Å². The smallest absolute Gasteiger partial charge is 0.220 e. The zero-order valence-electron chi connectivity index (χ0n) is 9.05. The summed E-state index contributed by atoms with van der Waals surface area (Å²) in [5, 5.41) is 19.4. The largest absolute Gasteiger partial charge is 0.398 e. The molecule has 0 aliphatic carbocycles. The Labute approximate surface area is 93.7 Å². The summed E-state index contributed by atoms with van der Waals surface area (Å²) in [6, 6.07) is 5.15. The molecule has 1 aromatic rings. The van der Waals surface area contributed by atoms with Crippen LogP contribution in [0.15, 0.2) is 18.2 Å². The van der Waals surface area contributed by atoms with Gasteiger partial charge in [-0.15, -0.1) is 0 Å². The number of nitrogens with two attached hydrogens (primary N) is 2. The maximum absolute atomic E-state index is 10.6. The molecule has 0 saturated carbocycles. The lowest BCUT2D eigenvalue weighted by molar-refractivity contribution is -0.121. The Morgan fingerprint density at radius 2 is 2.06 bits per heavy atom. The van der Waals surface area contributed by atoms with Crippen LogP contribution in [0.25, 0.3) is 0 Å². The highest BCUT2D eigenvalue weighted by atomic mass is 16.3. The van der Waals surface area contributed by atoms with Crippen LogP contribution >= 0.6 is 0 Å². The van der Waals surface area contributed by atoms with Crippen LogP contribution in [0.1, 0.15) is 23.7 Å². The standard InChI is InChI=1S/C11H16N2O3/c1-6-3-2-4-7(12)10(6)11(16)8(14)5-9(13)15/h2-4,8,11,14,16H,5,12H2,1H3,(H2,13,15). The minimum atomic E-state index is -1.24. The highest BCUT2D eigenvalue weighted by molar-refractivity contribution is 5.74. The summed E-state index contributed by atoms with van der Waals surface area (Å²) in [5.74, 6) is -0.668. The maximum atomic E-state index is 10.6. The van der Waals surface area contributed by atoms with Gasteiger partial charge in [0.05, 0.1) is 12.5 Å². The number of aliphatic hydroxyl groups excluding tert-OH is 2. The van der Waals surface area contributed by atoms with E-state index in [2.05, 4.69) is 0 Å². The molecule has 0 heterocycles. The first-order valence-electron chi connectivity index (χ1n) is 4.93. The van der Waals surface area contributed by atoms with Gasteiger partial charge in [-0.25, -0.2) is 0 Å². The lowest BCUT2D eigenvalue weighted by Gasteiger charge is -2.20. The van der Waals surface area contributed by atoms with E-state index in [1.54, 1.807) is 25.1 Å². The van der Waals surface area contributed by atoms with Gasteiger partial charge in [0, 0.05) is 11.3 Å². The SMILES string of the molecule is Cc1cccc(N)c1C(O)C(O)CC(N)=O. The molecule has 2 unspecified atom stereocenters. The Morgan fingerprint density at radius 3 is 2.56 bits per heavy atom. The normalized spacial score (nSPS) is 14.4. The molecule has 16 heavy (non-hydrogen) atoms. The van der Waals surface area contributed by atoms with E-state index in [4.69, 9.17) is 11.5 Å². The summed E-state index contributed by atoms with van der Waals surface area (Å²) in [7, 11) is 0. The number of carbonyl (C=O) groups excluding carboxylic acids is 1. The van der Waals surface area contributed by atoms with Crippen molar-refractivity contribution in [3.05, 3.63) is 29.3 Å². The molecule has 5 nitrogen and oxygen atoms in total. The van der Waals surface area contributed by atoms with Crippen LogP contribution in [0.3, 0.4) is 0 Å². The van der Waals surface area contributed by atoms with Gasteiger partial charge in [0.15, 0.2) is 0 Å². The molecular formula is C11H16N2O3. The molecule has 1 amide bonds. The van der Waals surface area contributed by atoms with E-state index in [0.29, 0.717) is 11.3 Å². The Kier molecular flexibility index (Phi) is 3.87. The topological polar surface area (TPSA) is 110 Å². The Morgan fingerprint density at radius 1 is 1.44 bits per heavy atom. The average molecular weight is 224 g/mol. The number of aryl methyl sites for hydroxylation is 1. The van der Waals surface area contributed by atoms with Crippen LogP contribution in [0.4, 0.5) is 5.69 Å². The number of aliphatic hydroxyl groups is 2. The van der Waals surface area contributed by atoms with E-state index in [0.717, 1.165) is 5.56 Å². The number of amides is 1. The molecule has 0 bridgehead atoms. The fourth-order valence-electron chi connectivity index (χ4n) is 1.62. The first-order chi connectivity index (χ1) is 7.43. The van der Waals surface area contributed by atoms with Gasteiger partial charge in [0.1, 0.15) is 6.10 Å². The van der Waals surface area contributed by atoms with Crippen molar-refractivity contribution >= 4 is 11.6 Å². The fourth-order valence-corrected chi connectivity index (χ4v) is 1.62. The van der Waals surface area contributed by atoms with Crippen LogP contribution in [0.2, 0.25) is 0 Å². The fraction of sp³-hybridized carbons (Fsp3) is 0.364. The summed E-state index contributed by atoms with van der Waals surface area (Å²) >= 11 is 0. The number of rotatable bonds is 4. The molecule has 0 aromatic heterocycles. The molecule has 0 aliphatic rings. The Bertz CT molecular complexity index is 373. The predicted octanol–water partition coefficient (Wildman–Crippen LogP) is -0.153. The summed E-state index contributed by atoms with van der Waals surface area (Å²) in [4.78, 5) is 10.6. The lowest BCUT2D eigenvalue weighted by Crippen LogP contribution is -2.26. The molecule has 6 N–H and O–H groups in total. The Balaban J connectivity index is 2.95. The van der Waals surface area contributed by atoms with Crippen molar-refractivity contribution in [1.82, 2.24) is 0 Å². The van der Waals surface area contributed by atoms with Crippen molar-refractivity contribution in [3.63, 3.8) is 0 Å². The average Bonchev–Trinajstić information content (AvgIpc) is 2.16. The number of hydrogen-bond donors (Lipinski definition) is 4. The summed E-state index contributed by atoms with van der Waals surface area (Å²) in [5.41, 5.74) is 12.2. The number of nitrogen functional groups attached to an aromatic ring is 1. The van der Waals surface area contributed by atoms with Gasteiger partial charge in [-0.05, 0) is 18.6 Å². The van der Waals surface area contributed by atoms with Crippen molar-refractivity contribution in [2.24, 2.45) is 5.73 Å². The van der Waals surface area contributed by atoms with E-state index in [1.807, 2.05) is 0 Å². The number of hydrogen-bond acceptors (Lipinski definition) is 4. The zero-order chi connectivity index (χ0) is 12.3. The monoisotopic (exact) mass is 224 g/mol. The van der Waals surface area contributed by atoms with Crippen LogP contribution in [-0.2, 0) is 4.79 Å². The molecule has 0 fully saturated rings. The van der Waals surface area contributed by atoms with E-state index in [9.17, 15) is 15.0 Å². The zero-order valence-corrected chi connectivity index (χ0v) is 9.05. The molecular weight excluding hydrogens is 208 g/mol. The van der Waals surface area contributed by atoms with Crippen LogP contribution in [-0.4, -0.2) is 22.2 Å². The minimum Gasteiger partial charge on any atom is -0.398 e. The molecule has 0 spiro atoms. The maximum Gasteiger partial charge on any atom is 0.220 e. The third-order valence-electron chi connectivity index (χ3n) is 2.43. The number of anilines is 1. The predicted molar refractivity (Wildman–Crippen MR) is 60.4 cm³/mol. The van der Waals surface area contributed by atoms with E-state index in [-0.39, 0.29) is 6.42 Å². The second kappa shape index (κ2) is 4.96. The first-order valence-corrected chi connectivity index (χ1v) is 4.93. The van der Waals surface area contributed by atoms with Gasteiger partial charge in [0.25, 0.3) is 0 Å². The van der Waals surface area contributed by atoms with Crippen LogP contribution in [0.5, 0.6) is 0 Å². The molecule has 5 heteroatoms. The summed E-state index contributed by atoms with van der Waals surface area (Å²) in [6.07, 6.45) is -2.73. The van der Waals surface area contributed by atoms with Crippen molar-refractivity contribution in [2.45, 2.75) is 25.6 Å². The molecule has 0 aliphatic heterocycles. The van der Waals surface area contributed by atoms with Crippen molar-refractivity contribution in [3.8, 4) is 0 Å². The van der Waals surface area contributed by atoms with Crippen LogP contribution in [0, 0.1) is 6.92 Å². The second-order valence-electron chi connectivity index (χ2n) is 3.76. The molecule has 0 radical (unpaired) electrons. The number of benzene rings is 1. The van der Waals surface area contributed by atoms with Gasteiger partial charge in [-0.1, -0.05) is 12.1 Å². The highest BCUT2D eigenvalue weighted by Gasteiger charge is 2.23. The molecule has 2 atom stereocenters.